The van der Waals surface area contributed by atoms with E-state index in [1.807, 2.05) is 18.2 Å². The smallest absolute Gasteiger partial charge is 0.0766 e. The van der Waals surface area contributed by atoms with Gasteiger partial charge in [0.2, 0.25) is 0 Å². The number of halogens is 1. The highest BCUT2D eigenvalue weighted by molar-refractivity contribution is 9.10. The average Bonchev–Trinajstić information content (AvgIpc) is 2.76. The summed E-state index contributed by atoms with van der Waals surface area (Å²) in [5.74, 6) is 0. The lowest BCUT2D eigenvalue weighted by molar-refractivity contribution is 0.462. The van der Waals surface area contributed by atoms with Crippen LogP contribution in [0.4, 0.5) is 0 Å². The zero-order chi connectivity index (χ0) is 14.8. The SMILES string of the molecule is CCc1nn(CC)c(CC(C)(N)c2ccccc2)c1Br. The maximum Gasteiger partial charge on any atom is 0.0766 e. The Labute approximate surface area is 129 Å². The molecule has 0 saturated carbocycles. The van der Waals surface area contributed by atoms with Crippen molar-refractivity contribution in [2.45, 2.75) is 45.7 Å². The summed E-state index contributed by atoms with van der Waals surface area (Å²) in [5, 5.41) is 4.64. The third-order valence-electron chi connectivity index (χ3n) is 3.66. The van der Waals surface area contributed by atoms with E-state index in [1.54, 1.807) is 0 Å². The number of nitrogens with two attached hydrogens (primary N) is 1. The number of aromatic nitrogens is 2. The Morgan fingerprint density at radius 2 is 1.90 bits per heavy atom. The van der Waals surface area contributed by atoms with E-state index < -0.39 is 5.54 Å². The minimum absolute atomic E-state index is 0.401. The molecule has 1 aromatic carbocycles. The van der Waals surface area contributed by atoms with Crippen LogP contribution in [0.25, 0.3) is 0 Å². The van der Waals surface area contributed by atoms with Gasteiger partial charge in [-0.1, -0.05) is 37.3 Å². The van der Waals surface area contributed by atoms with Gasteiger partial charge in [0.1, 0.15) is 0 Å². The molecule has 0 aliphatic rings. The van der Waals surface area contributed by atoms with Crippen LogP contribution in [0.5, 0.6) is 0 Å². The lowest BCUT2D eigenvalue weighted by atomic mass is 9.88. The molecule has 0 bridgehead atoms. The molecule has 0 saturated heterocycles. The van der Waals surface area contributed by atoms with Crippen LogP contribution in [0.1, 0.15) is 37.7 Å². The van der Waals surface area contributed by atoms with E-state index in [9.17, 15) is 0 Å². The van der Waals surface area contributed by atoms with Gasteiger partial charge in [-0.2, -0.15) is 5.10 Å². The molecule has 108 valence electrons. The maximum atomic E-state index is 6.55. The summed E-state index contributed by atoms with van der Waals surface area (Å²) in [5.41, 5.74) is 9.58. The van der Waals surface area contributed by atoms with Gasteiger partial charge in [0, 0.05) is 18.5 Å². The lowest BCUT2D eigenvalue weighted by Gasteiger charge is -2.25. The van der Waals surface area contributed by atoms with E-state index >= 15 is 0 Å². The minimum atomic E-state index is -0.401. The topological polar surface area (TPSA) is 43.8 Å². The Balaban J connectivity index is 2.36. The van der Waals surface area contributed by atoms with Crippen molar-refractivity contribution in [3.05, 3.63) is 51.8 Å². The molecule has 0 radical (unpaired) electrons. The van der Waals surface area contributed by atoms with Gasteiger partial charge in [-0.3, -0.25) is 4.68 Å². The number of rotatable bonds is 5. The Morgan fingerprint density at radius 3 is 2.45 bits per heavy atom. The molecule has 0 fully saturated rings. The molecule has 0 aliphatic carbocycles. The molecule has 0 amide bonds. The van der Waals surface area contributed by atoms with Crippen LogP contribution >= 0.6 is 15.9 Å². The predicted octanol–water partition coefficient (Wildman–Crippen LogP) is 3.64. The van der Waals surface area contributed by atoms with E-state index in [-0.39, 0.29) is 0 Å². The summed E-state index contributed by atoms with van der Waals surface area (Å²) in [6, 6.07) is 10.2. The molecule has 3 nitrogen and oxygen atoms in total. The summed E-state index contributed by atoms with van der Waals surface area (Å²) >= 11 is 3.69. The summed E-state index contributed by atoms with van der Waals surface area (Å²) in [4.78, 5) is 0. The summed E-state index contributed by atoms with van der Waals surface area (Å²) in [6.07, 6.45) is 1.69. The predicted molar refractivity (Wildman–Crippen MR) is 86.7 cm³/mol. The molecule has 0 aliphatic heterocycles. The van der Waals surface area contributed by atoms with Crippen LogP contribution in [0.3, 0.4) is 0 Å². The largest absolute Gasteiger partial charge is 0.321 e. The quantitative estimate of drug-likeness (QED) is 0.906. The molecular formula is C16H22BrN3. The van der Waals surface area contributed by atoms with Crippen molar-refractivity contribution >= 4 is 15.9 Å². The number of hydrogen-bond acceptors (Lipinski definition) is 2. The highest BCUT2D eigenvalue weighted by Crippen LogP contribution is 2.29. The van der Waals surface area contributed by atoms with Gasteiger partial charge in [0.15, 0.2) is 0 Å². The summed E-state index contributed by atoms with van der Waals surface area (Å²) < 4.78 is 3.16. The van der Waals surface area contributed by atoms with E-state index in [0.29, 0.717) is 0 Å². The van der Waals surface area contributed by atoms with Gasteiger partial charge < -0.3 is 5.73 Å². The van der Waals surface area contributed by atoms with E-state index in [4.69, 9.17) is 5.73 Å². The van der Waals surface area contributed by atoms with E-state index in [1.165, 1.54) is 5.69 Å². The van der Waals surface area contributed by atoms with Crippen LogP contribution < -0.4 is 5.73 Å². The van der Waals surface area contributed by atoms with E-state index in [2.05, 4.69) is 58.6 Å². The third-order valence-corrected chi connectivity index (χ3v) is 4.58. The Kier molecular flexibility index (Phi) is 4.66. The van der Waals surface area contributed by atoms with Crippen molar-refractivity contribution in [2.75, 3.05) is 0 Å². The second-order valence-corrected chi connectivity index (χ2v) is 6.13. The highest BCUT2D eigenvalue weighted by atomic mass is 79.9. The van der Waals surface area contributed by atoms with Crippen molar-refractivity contribution in [3.63, 3.8) is 0 Å². The Hall–Kier alpha value is -1.13. The first-order valence-electron chi connectivity index (χ1n) is 7.08. The minimum Gasteiger partial charge on any atom is -0.321 e. The standard InChI is InChI=1S/C16H22BrN3/c1-4-13-15(17)14(20(5-2)19-13)11-16(3,18)12-9-7-6-8-10-12/h6-10H,4-5,11,18H2,1-3H3. The average molecular weight is 336 g/mol. The molecule has 20 heavy (non-hydrogen) atoms. The molecule has 2 aromatic rings. The number of hydrogen-bond donors (Lipinski definition) is 1. The molecule has 1 atom stereocenters. The second-order valence-electron chi connectivity index (χ2n) is 5.34. The van der Waals surface area contributed by atoms with Crippen molar-refractivity contribution in [2.24, 2.45) is 5.73 Å². The zero-order valence-corrected chi connectivity index (χ0v) is 13.9. The molecule has 1 heterocycles. The fourth-order valence-electron chi connectivity index (χ4n) is 2.45. The summed E-state index contributed by atoms with van der Waals surface area (Å²) in [6.45, 7) is 7.17. The van der Waals surface area contributed by atoms with Crippen molar-refractivity contribution in [1.82, 2.24) is 9.78 Å². The van der Waals surface area contributed by atoms with Crippen LogP contribution in [0, 0.1) is 0 Å². The number of aryl methyl sites for hydroxylation is 2. The normalized spacial score (nSPS) is 14.2. The van der Waals surface area contributed by atoms with Crippen molar-refractivity contribution < 1.29 is 0 Å². The number of nitrogens with zero attached hydrogens (tertiary/aromatic N) is 2. The molecule has 1 aromatic heterocycles. The van der Waals surface area contributed by atoms with Crippen molar-refractivity contribution in [1.29, 1.82) is 0 Å². The number of benzene rings is 1. The van der Waals surface area contributed by atoms with Gasteiger partial charge >= 0.3 is 0 Å². The van der Waals surface area contributed by atoms with E-state index in [0.717, 1.165) is 35.1 Å². The molecule has 0 spiro atoms. The fourth-order valence-corrected chi connectivity index (χ4v) is 3.16. The Bertz CT molecular complexity index is 573. The van der Waals surface area contributed by atoms with Gasteiger partial charge in [0.25, 0.3) is 0 Å². The van der Waals surface area contributed by atoms with Crippen LogP contribution in [-0.2, 0) is 24.9 Å². The zero-order valence-electron chi connectivity index (χ0n) is 12.4. The first-order valence-corrected chi connectivity index (χ1v) is 7.87. The monoisotopic (exact) mass is 335 g/mol. The van der Waals surface area contributed by atoms with Crippen LogP contribution in [0.2, 0.25) is 0 Å². The van der Waals surface area contributed by atoms with Crippen LogP contribution in [-0.4, -0.2) is 9.78 Å². The first kappa shape index (κ1) is 15.3. The third kappa shape index (κ3) is 2.96. The lowest BCUT2D eigenvalue weighted by Crippen LogP contribution is -2.36. The highest BCUT2D eigenvalue weighted by Gasteiger charge is 2.26. The maximum absolute atomic E-state index is 6.55. The molecule has 4 heteroatoms. The first-order chi connectivity index (χ1) is 9.49. The fraction of sp³-hybridized carbons (Fsp3) is 0.438. The Morgan fingerprint density at radius 1 is 1.25 bits per heavy atom. The molecule has 1 unspecified atom stereocenters. The van der Waals surface area contributed by atoms with Crippen molar-refractivity contribution in [3.8, 4) is 0 Å². The molecule has 2 N–H and O–H groups in total. The molecule has 2 rings (SSSR count). The molecular weight excluding hydrogens is 314 g/mol. The summed E-state index contributed by atoms with van der Waals surface area (Å²) in [7, 11) is 0. The van der Waals surface area contributed by atoms with Gasteiger partial charge in [-0.25, -0.2) is 0 Å². The van der Waals surface area contributed by atoms with Gasteiger partial charge in [-0.05, 0) is 41.8 Å². The second kappa shape index (κ2) is 6.10. The van der Waals surface area contributed by atoms with Crippen LogP contribution in [0.15, 0.2) is 34.8 Å². The van der Waals surface area contributed by atoms with Gasteiger partial charge in [0.05, 0.1) is 15.9 Å². The van der Waals surface area contributed by atoms with Gasteiger partial charge in [-0.15, -0.1) is 0 Å².